The van der Waals surface area contributed by atoms with Gasteiger partial charge in [-0.1, -0.05) is 40.9 Å². The van der Waals surface area contributed by atoms with Crippen LogP contribution in [0.5, 0.6) is 0 Å². The summed E-state index contributed by atoms with van der Waals surface area (Å²) in [5.41, 5.74) is 1.73. The first kappa shape index (κ1) is 18.4. The summed E-state index contributed by atoms with van der Waals surface area (Å²) in [5, 5.41) is 3.62. The van der Waals surface area contributed by atoms with E-state index in [-0.39, 0.29) is 24.1 Å². The Morgan fingerprint density at radius 3 is 2.70 bits per heavy atom. The van der Waals surface area contributed by atoms with Crippen LogP contribution in [0.25, 0.3) is 21.3 Å². The number of aryl methyl sites for hydroxylation is 1. The normalized spacial score (nSPS) is 14.7. The Morgan fingerprint density at radius 2 is 2.00 bits per heavy atom. The molecule has 7 heteroatoms. The zero-order chi connectivity index (χ0) is 19.0. The zero-order valence-electron chi connectivity index (χ0n) is 15.0. The summed E-state index contributed by atoms with van der Waals surface area (Å²) in [6.07, 6.45) is 5.84. The average Bonchev–Trinajstić information content (AvgIpc) is 3.26. The number of thiophene rings is 1. The second-order valence-electron chi connectivity index (χ2n) is 6.95. The Hall–Kier alpha value is -1.99. The predicted molar refractivity (Wildman–Crippen MR) is 112 cm³/mol. The quantitative estimate of drug-likeness (QED) is 0.652. The van der Waals surface area contributed by atoms with Gasteiger partial charge in [-0.15, -0.1) is 11.3 Å². The van der Waals surface area contributed by atoms with Crippen molar-refractivity contribution in [2.45, 2.75) is 45.2 Å². The molecule has 0 saturated heterocycles. The van der Waals surface area contributed by atoms with Gasteiger partial charge in [-0.3, -0.25) is 14.2 Å². The molecule has 0 bridgehead atoms. The third-order valence-electron chi connectivity index (χ3n) is 5.02. The molecule has 4 rings (SSSR count). The molecule has 0 atom stereocenters. The third kappa shape index (κ3) is 3.71. The number of rotatable bonds is 4. The molecular weight excluding hydrogens is 426 g/mol. The molecule has 0 aliphatic heterocycles. The molecule has 1 fully saturated rings. The number of hydrogen-bond acceptors (Lipinski definition) is 4. The maximum Gasteiger partial charge on any atom is 0.263 e. The van der Waals surface area contributed by atoms with Crippen LogP contribution in [0.1, 0.15) is 30.6 Å². The molecule has 0 radical (unpaired) electrons. The van der Waals surface area contributed by atoms with Crippen LogP contribution in [0.4, 0.5) is 0 Å². The van der Waals surface area contributed by atoms with Gasteiger partial charge in [0.05, 0.1) is 11.7 Å². The Labute approximate surface area is 169 Å². The Bertz CT molecular complexity index is 1050. The Kier molecular flexibility index (Phi) is 5.14. The molecule has 1 aliphatic rings. The van der Waals surface area contributed by atoms with Crippen LogP contribution in [0, 0.1) is 6.92 Å². The fraction of sp³-hybridized carbons (Fsp3) is 0.350. The topological polar surface area (TPSA) is 64.0 Å². The van der Waals surface area contributed by atoms with Crippen LogP contribution < -0.4 is 10.9 Å². The van der Waals surface area contributed by atoms with Crippen LogP contribution in [0.3, 0.4) is 0 Å². The summed E-state index contributed by atoms with van der Waals surface area (Å²) < 4.78 is 2.41. The van der Waals surface area contributed by atoms with Crippen molar-refractivity contribution in [1.29, 1.82) is 0 Å². The zero-order valence-corrected chi connectivity index (χ0v) is 17.4. The lowest BCUT2D eigenvalue weighted by Crippen LogP contribution is -2.37. The molecule has 2 heterocycles. The standard InChI is InChI=1S/C20H20BrN3O2S/c1-12-17(13-6-8-14(21)9-7-13)18-19(27-12)22-11-24(20(18)26)10-16(25)23-15-4-2-3-5-15/h6-9,11,15H,2-5,10H2,1H3,(H,23,25). The highest BCUT2D eigenvalue weighted by molar-refractivity contribution is 9.10. The highest BCUT2D eigenvalue weighted by Crippen LogP contribution is 2.35. The first-order valence-corrected chi connectivity index (χ1v) is 10.7. The van der Waals surface area contributed by atoms with E-state index >= 15 is 0 Å². The fourth-order valence-corrected chi connectivity index (χ4v) is 4.98. The van der Waals surface area contributed by atoms with Crippen LogP contribution in [0.2, 0.25) is 0 Å². The molecule has 2 aromatic heterocycles. The largest absolute Gasteiger partial charge is 0.352 e. The van der Waals surface area contributed by atoms with Gasteiger partial charge in [-0.25, -0.2) is 4.98 Å². The molecule has 0 unspecified atom stereocenters. The van der Waals surface area contributed by atoms with E-state index in [9.17, 15) is 9.59 Å². The van der Waals surface area contributed by atoms with Gasteiger partial charge in [0.15, 0.2) is 0 Å². The lowest BCUT2D eigenvalue weighted by atomic mass is 10.0. The van der Waals surface area contributed by atoms with Gasteiger partial charge >= 0.3 is 0 Å². The van der Waals surface area contributed by atoms with Crippen LogP contribution in [-0.4, -0.2) is 21.5 Å². The SMILES string of the molecule is Cc1sc2ncn(CC(=O)NC3CCCC3)c(=O)c2c1-c1ccc(Br)cc1. The fourth-order valence-electron chi connectivity index (χ4n) is 3.71. The van der Waals surface area contributed by atoms with Crippen LogP contribution in [0.15, 0.2) is 39.9 Å². The molecular formula is C20H20BrN3O2S. The molecule has 1 N–H and O–H groups in total. The monoisotopic (exact) mass is 445 g/mol. The van der Waals surface area contributed by atoms with E-state index in [1.807, 2.05) is 31.2 Å². The van der Waals surface area contributed by atoms with E-state index in [0.29, 0.717) is 10.2 Å². The van der Waals surface area contributed by atoms with Crippen molar-refractivity contribution in [2.75, 3.05) is 0 Å². The highest BCUT2D eigenvalue weighted by Gasteiger charge is 2.20. The maximum absolute atomic E-state index is 13.1. The van der Waals surface area contributed by atoms with Crippen LogP contribution in [-0.2, 0) is 11.3 Å². The number of benzene rings is 1. The molecule has 1 aromatic carbocycles. The second kappa shape index (κ2) is 7.56. The Morgan fingerprint density at radius 1 is 1.30 bits per heavy atom. The minimum absolute atomic E-state index is 0.00689. The molecule has 1 amide bonds. The van der Waals surface area contributed by atoms with Gasteiger partial charge in [-0.05, 0) is 37.5 Å². The summed E-state index contributed by atoms with van der Waals surface area (Å²) >= 11 is 4.95. The van der Waals surface area contributed by atoms with E-state index in [0.717, 1.165) is 46.2 Å². The number of halogens is 1. The van der Waals surface area contributed by atoms with Gasteiger partial charge in [0.25, 0.3) is 5.56 Å². The molecule has 0 spiro atoms. The lowest BCUT2D eigenvalue weighted by molar-refractivity contribution is -0.122. The van der Waals surface area contributed by atoms with Crippen molar-refractivity contribution >= 4 is 43.4 Å². The molecule has 1 saturated carbocycles. The van der Waals surface area contributed by atoms with Gasteiger partial charge in [0.2, 0.25) is 5.91 Å². The summed E-state index contributed by atoms with van der Waals surface area (Å²) in [6.45, 7) is 2.01. The molecule has 3 aromatic rings. The number of nitrogens with one attached hydrogen (secondary N) is 1. The van der Waals surface area contributed by atoms with Crippen molar-refractivity contribution in [3.8, 4) is 11.1 Å². The maximum atomic E-state index is 13.1. The van der Waals surface area contributed by atoms with Gasteiger partial charge < -0.3 is 5.32 Å². The van der Waals surface area contributed by atoms with E-state index in [1.165, 1.54) is 22.2 Å². The van der Waals surface area contributed by atoms with Gasteiger partial charge in [-0.2, -0.15) is 0 Å². The number of fused-ring (bicyclic) bond motifs is 1. The molecule has 27 heavy (non-hydrogen) atoms. The number of carbonyl (C=O) groups excluding carboxylic acids is 1. The summed E-state index contributed by atoms with van der Waals surface area (Å²) in [5.74, 6) is -0.123. The smallest absolute Gasteiger partial charge is 0.263 e. The van der Waals surface area contributed by atoms with Gasteiger partial charge in [0.1, 0.15) is 11.4 Å². The number of hydrogen-bond donors (Lipinski definition) is 1. The van der Waals surface area contributed by atoms with Gasteiger partial charge in [0, 0.05) is 21.0 Å². The van der Waals surface area contributed by atoms with E-state index in [2.05, 4.69) is 26.2 Å². The number of amides is 1. The van der Waals surface area contributed by atoms with E-state index in [1.54, 1.807) is 0 Å². The van der Waals surface area contributed by atoms with Crippen molar-refractivity contribution in [1.82, 2.24) is 14.9 Å². The number of nitrogens with zero attached hydrogens (tertiary/aromatic N) is 2. The molecule has 1 aliphatic carbocycles. The molecule has 140 valence electrons. The van der Waals surface area contributed by atoms with Crippen molar-refractivity contribution < 1.29 is 4.79 Å². The predicted octanol–water partition coefficient (Wildman–Crippen LogP) is 4.25. The lowest BCUT2D eigenvalue weighted by Gasteiger charge is -2.12. The van der Waals surface area contributed by atoms with Crippen molar-refractivity contribution in [3.05, 3.63) is 50.3 Å². The van der Waals surface area contributed by atoms with Crippen LogP contribution >= 0.6 is 27.3 Å². The van der Waals surface area contributed by atoms with Crippen molar-refractivity contribution in [3.63, 3.8) is 0 Å². The minimum atomic E-state index is -0.163. The first-order chi connectivity index (χ1) is 13.0. The highest BCUT2D eigenvalue weighted by atomic mass is 79.9. The second-order valence-corrected chi connectivity index (χ2v) is 9.07. The van der Waals surface area contributed by atoms with Crippen molar-refractivity contribution in [2.24, 2.45) is 0 Å². The van der Waals surface area contributed by atoms with E-state index in [4.69, 9.17) is 0 Å². The Balaban J connectivity index is 1.70. The number of carbonyl (C=O) groups is 1. The first-order valence-electron chi connectivity index (χ1n) is 9.07. The summed E-state index contributed by atoms with van der Waals surface area (Å²) in [6, 6.07) is 8.14. The third-order valence-corrected chi connectivity index (χ3v) is 6.56. The average molecular weight is 446 g/mol. The summed E-state index contributed by atoms with van der Waals surface area (Å²) in [4.78, 5) is 31.7. The minimum Gasteiger partial charge on any atom is -0.352 e. The summed E-state index contributed by atoms with van der Waals surface area (Å²) in [7, 11) is 0. The van der Waals surface area contributed by atoms with E-state index < -0.39 is 0 Å². The molecule has 5 nitrogen and oxygen atoms in total. The number of aromatic nitrogens is 2.